The molecule has 1 heterocycles. The fourth-order valence-electron chi connectivity index (χ4n) is 2.05. The third-order valence-electron chi connectivity index (χ3n) is 3.04. The minimum atomic E-state index is -0.670. The lowest BCUT2D eigenvalue weighted by Gasteiger charge is -2.29. The number of rotatable bonds is 3. The van der Waals surface area contributed by atoms with Gasteiger partial charge in [0.15, 0.2) is 0 Å². The number of pyridine rings is 1. The highest BCUT2D eigenvalue weighted by Crippen LogP contribution is 2.30. The zero-order chi connectivity index (χ0) is 12.3. The van der Waals surface area contributed by atoms with Crippen LogP contribution in [0.1, 0.15) is 25.0 Å². The molecule has 2 rings (SSSR count). The Kier molecular flexibility index (Phi) is 3.84. The first-order valence-corrected chi connectivity index (χ1v) is 6.49. The molecule has 0 saturated heterocycles. The van der Waals surface area contributed by atoms with E-state index in [2.05, 4.69) is 27.0 Å². The number of methoxy groups -OCH3 is 1. The lowest BCUT2D eigenvalue weighted by molar-refractivity contribution is 0.0306. The van der Waals surface area contributed by atoms with Crippen molar-refractivity contribution in [2.45, 2.75) is 31.3 Å². The number of ether oxygens (including phenoxy) is 1. The highest BCUT2D eigenvalue weighted by molar-refractivity contribution is 9.10. The number of aliphatic hydroxyl groups is 1. The number of nitrogens with zero attached hydrogens (tertiary/aromatic N) is 1. The zero-order valence-corrected chi connectivity index (χ0v) is 11.4. The van der Waals surface area contributed by atoms with E-state index >= 15 is 0 Å². The van der Waals surface area contributed by atoms with Crippen molar-refractivity contribution >= 4 is 15.9 Å². The number of halogens is 1. The van der Waals surface area contributed by atoms with Crippen molar-refractivity contribution in [1.82, 2.24) is 4.98 Å². The molecule has 0 bridgehead atoms. The van der Waals surface area contributed by atoms with Crippen LogP contribution in [0, 0.1) is 0 Å². The lowest BCUT2D eigenvalue weighted by atomic mass is 9.85. The zero-order valence-electron chi connectivity index (χ0n) is 9.82. The predicted molar refractivity (Wildman–Crippen MR) is 70.1 cm³/mol. The van der Waals surface area contributed by atoms with Gasteiger partial charge in [0, 0.05) is 17.0 Å². The molecule has 0 fully saturated rings. The summed E-state index contributed by atoms with van der Waals surface area (Å²) < 4.78 is 6.02. The molecule has 1 aromatic rings. The fraction of sp³-hybridized carbons (Fsp3) is 0.462. The van der Waals surface area contributed by atoms with Crippen molar-refractivity contribution in [3.05, 3.63) is 34.5 Å². The average molecular weight is 298 g/mol. The average Bonchev–Trinajstić information content (AvgIpc) is 2.33. The van der Waals surface area contributed by atoms with Crippen LogP contribution in [-0.4, -0.2) is 22.8 Å². The van der Waals surface area contributed by atoms with Gasteiger partial charge in [0.2, 0.25) is 5.88 Å². The Morgan fingerprint density at radius 3 is 2.94 bits per heavy atom. The third-order valence-corrected chi connectivity index (χ3v) is 3.76. The SMILES string of the molecule is COc1ccc(Br)c(CC2(O)CC=CCC2)n1. The van der Waals surface area contributed by atoms with Gasteiger partial charge in [0.25, 0.3) is 0 Å². The summed E-state index contributed by atoms with van der Waals surface area (Å²) in [6, 6.07) is 3.71. The van der Waals surface area contributed by atoms with Gasteiger partial charge in [0.05, 0.1) is 18.4 Å². The predicted octanol–water partition coefficient (Wildman–Crippen LogP) is 2.87. The van der Waals surface area contributed by atoms with Crippen LogP contribution in [0.2, 0.25) is 0 Å². The van der Waals surface area contributed by atoms with E-state index in [1.165, 1.54) is 0 Å². The molecule has 17 heavy (non-hydrogen) atoms. The number of allylic oxidation sites excluding steroid dienone is 1. The van der Waals surface area contributed by atoms with Crippen LogP contribution in [0.5, 0.6) is 5.88 Å². The second kappa shape index (κ2) is 5.19. The second-order valence-corrected chi connectivity index (χ2v) is 5.25. The van der Waals surface area contributed by atoms with Crippen molar-refractivity contribution < 1.29 is 9.84 Å². The van der Waals surface area contributed by atoms with Crippen LogP contribution in [0.3, 0.4) is 0 Å². The standard InChI is InChI=1S/C13H16BrNO2/c1-17-12-6-5-10(14)11(15-12)9-13(16)7-3-2-4-8-13/h2-3,5-6,16H,4,7-9H2,1H3. The molecule has 0 aliphatic heterocycles. The molecule has 4 heteroatoms. The summed E-state index contributed by atoms with van der Waals surface area (Å²) in [5.74, 6) is 0.582. The molecule has 1 N–H and O–H groups in total. The highest BCUT2D eigenvalue weighted by Gasteiger charge is 2.28. The molecule has 1 unspecified atom stereocenters. The first kappa shape index (κ1) is 12.6. The first-order chi connectivity index (χ1) is 8.13. The van der Waals surface area contributed by atoms with E-state index in [4.69, 9.17) is 4.74 Å². The van der Waals surface area contributed by atoms with Gasteiger partial charge in [0.1, 0.15) is 0 Å². The Morgan fingerprint density at radius 2 is 2.29 bits per heavy atom. The first-order valence-electron chi connectivity index (χ1n) is 5.70. The Morgan fingerprint density at radius 1 is 1.47 bits per heavy atom. The molecule has 0 radical (unpaired) electrons. The van der Waals surface area contributed by atoms with Crippen LogP contribution in [0.4, 0.5) is 0 Å². The second-order valence-electron chi connectivity index (χ2n) is 4.40. The Hall–Kier alpha value is -0.870. The van der Waals surface area contributed by atoms with Crippen LogP contribution < -0.4 is 4.74 Å². The van der Waals surface area contributed by atoms with E-state index in [1.807, 2.05) is 12.1 Å². The summed E-state index contributed by atoms with van der Waals surface area (Å²) in [4.78, 5) is 4.38. The molecule has 0 aromatic carbocycles. The molecule has 1 aliphatic rings. The molecule has 1 aliphatic carbocycles. The summed E-state index contributed by atoms with van der Waals surface area (Å²) in [6.07, 6.45) is 7.11. The van der Waals surface area contributed by atoms with E-state index < -0.39 is 5.60 Å². The Balaban J connectivity index is 2.19. The van der Waals surface area contributed by atoms with Gasteiger partial charge in [-0.15, -0.1) is 0 Å². The van der Waals surface area contributed by atoms with Gasteiger partial charge >= 0.3 is 0 Å². The molecule has 3 nitrogen and oxygen atoms in total. The van der Waals surface area contributed by atoms with Crippen molar-refractivity contribution in [3.8, 4) is 5.88 Å². The lowest BCUT2D eigenvalue weighted by Crippen LogP contribution is -2.32. The van der Waals surface area contributed by atoms with Crippen molar-refractivity contribution in [2.75, 3.05) is 7.11 Å². The van der Waals surface area contributed by atoms with E-state index in [0.717, 1.165) is 23.0 Å². The number of hydrogen-bond acceptors (Lipinski definition) is 3. The quantitative estimate of drug-likeness (QED) is 0.873. The molecule has 0 saturated carbocycles. The van der Waals surface area contributed by atoms with Crippen molar-refractivity contribution in [2.24, 2.45) is 0 Å². The van der Waals surface area contributed by atoms with Crippen molar-refractivity contribution in [3.63, 3.8) is 0 Å². The molecule has 0 amide bonds. The maximum Gasteiger partial charge on any atom is 0.213 e. The largest absolute Gasteiger partial charge is 0.481 e. The molecule has 92 valence electrons. The van der Waals surface area contributed by atoms with Gasteiger partial charge in [-0.05, 0) is 41.3 Å². The summed E-state index contributed by atoms with van der Waals surface area (Å²) in [6.45, 7) is 0. The molecular formula is C13H16BrNO2. The summed E-state index contributed by atoms with van der Waals surface area (Å²) in [5.41, 5.74) is 0.179. The summed E-state index contributed by atoms with van der Waals surface area (Å²) >= 11 is 3.46. The molecule has 0 spiro atoms. The van der Waals surface area contributed by atoms with Crippen LogP contribution >= 0.6 is 15.9 Å². The smallest absolute Gasteiger partial charge is 0.213 e. The van der Waals surface area contributed by atoms with Crippen LogP contribution in [0.25, 0.3) is 0 Å². The molecule has 1 atom stereocenters. The van der Waals surface area contributed by atoms with Gasteiger partial charge in [-0.2, -0.15) is 0 Å². The van der Waals surface area contributed by atoms with Gasteiger partial charge in [-0.1, -0.05) is 12.2 Å². The minimum absolute atomic E-state index is 0.551. The van der Waals surface area contributed by atoms with E-state index in [0.29, 0.717) is 18.7 Å². The molecular weight excluding hydrogens is 282 g/mol. The normalized spacial score (nSPS) is 23.7. The number of hydrogen-bond donors (Lipinski definition) is 1. The highest BCUT2D eigenvalue weighted by atomic mass is 79.9. The van der Waals surface area contributed by atoms with Gasteiger partial charge in [-0.3, -0.25) is 0 Å². The van der Waals surface area contributed by atoms with E-state index in [-0.39, 0.29) is 0 Å². The van der Waals surface area contributed by atoms with E-state index in [9.17, 15) is 5.11 Å². The minimum Gasteiger partial charge on any atom is -0.481 e. The Labute approximate surface area is 110 Å². The summed E-state index contributed by atoms with van der Waals surface area (Å²) in [7, 11) is 1.60. The molecule has 1 aromatic heterocycles. The summed E-state index contributed by atoms with van der Waals surface area (Å²) in [5, 5.41) is 10.5. The monoisotopic (exact) mass is 297 g/mol. The van der Waals surface area contributed by atoms with Crippen LogP contribution in [0.15, 0.2) is 28.8 Å². The van der Waals surface area contributed by atoms with E-state index in [1.54, 1.807) is 13.2 Å². The van der Waals surface area contributed by atoms with Crippen molar-refractivity contribution in [1.29, 1.82) is 0 Å². The Bertz CT molecular complexity index is 433. The topological polar surface area (TPSA) is 42.4 Å². The third kappa shape index (κ3) is 3.07. The maximum atomic E-state index is 10.5. The fourth-order valence-corrected chi connectivity index (χ4v) is 2.41. The van der Waals surface area contributed by atoms with Crippen LogP contribution in [-0.2, 0) is 6.42 Å². The van der Waals surface area contributed by atoms with Gasteiger partial charge < -0.3 is 9.84 Å². The van der Waals surface area contributed by atoms with Gasteiger partial charge in [-0.25, -0.2) is 4.98 Å². The maximum absolute atomic E-state index is 10.5. The number of aromatic nitrogens is 1.